The monoisotopic (exact) mass is 295 g/mol. The summed E-state index contributed by atoms with van der Waals surface area (Å²) >= 11 is 6.03. The molecule has 0 radical (unpaired) electrons. The summed E-state index contributed by atoms with van der Waals surface area (Å²) in [5, 5.41) is 0.409. The van der Waals surface area contributed by atoms with E-state index in [0.29, 0.717) is 23.7 Å². The standard InChI is InChI=1S/C15H18ClNO3/c1-10-3-4-13(14(16)7-10)15(19)20-9-12-5-6-17(8-12)11(2)18/h3-4,7,12H,5-6,8-9H2,1-2H3. The zero-order valence-electron chi connectivity index (χ0n) is 11.7. The Balaban J connectivity index is 1.88. The van der Waals surface area contributed by atoms with Crippen LogP contribution in [0, 0.1) is 12.8 Å². The molecule has 0 aliphatic carbocycles. The number of likely N-dealkylation sites (tertiary alicyclic amines) is 1. The molecule has 1 aromatic rings. The minimum absolute atomic E-state index is 0.0698. The summed E-state index contributed by atoms with van der Waals surface area (Å²) in [6.07, 6.45) is 0.870. The Morgan fingerprint density at radius 1 is 1.45 bits per heavy atom. The van der Waals surface area contributed by atoms with Crippen molar-refractivity contribution in [1.29, 1.82) is 0 Å². The van der Waals surface area contributed by atoms with E-state index in [1.165, 1.54) is 0 Å². The predicted molar refractivity (Wildman–Crippen MR) is 76.8 cm³/mol. The first-order valence-electron chi connectivity index (χ1n) is 6.66. The van der Waals surface area contributed by atoms with Gasteiger partial charge in [-0.3, -0.25) is 4.79 Å². The Hall–Kier alpha value is -1.55. The maximum Gasteiger partial charge on any atom is 0.339 e. The molecule has 1 aliphatic rings. The van der Waals surface area contributed by atoms with Gasteiger partial charge in [0.15, 0.2) is 0 Å². The molecule has 1 saturated heterocycles. The molecule has 1 heterocycles. The third kappa shape index (κ3) is 3.51. The minimum atomic E-state index is -0.406. The Bertz CT molecular complexity index is 530. The summed E-state index contributed by atoms with van der Waals surface area (Å²) in [7, 11) is 0. The van der Waals surface area contributed by atoms with Crippen molar-refractivity contribution in [3.63, 3.8) is 0 Å². The number of carbonyl (C=O) groups is 2. The van der Waals surface area contributed by atoms with E-state index in [-0.39, 0.29) is 11.8 Å². The lowest BCUT2D eigenvalue weighted by Crippen LogP contribution is -2.26. The Morgan fingerprint density at radius 2 is 2.20 bits per heavy atom. The van der Waals surface area contributed by atoms with Crippen LogP contribution in [0.3, 0.4) is 0 Å². The molecule has 5 heteroatoms. The fraction of sp³-hybridized carbons (Fsp3) is 0.467. The van der Waals surface area contributed by atoms with Crippen molar-refractivity contribution >= 4 is 23.5 Å². The lowest BCUT2D eigenvalue weighted by Gasteiger charge is -2.14. The van der Waals surface area contributed by atoms with Crippen molar-refractivity contribution in [2.75, 3.05) is 19.7 Å². The van der Waals surface area contributed by atoms with Crippen molar-refractivity contribution in [2.24, 2.45) is 5.92 Å². The van der Waals surface area contributed by atoms with Crippen LogP contribution in [0.25, 0.3) is 0 Å². The topological polar surface area (TPSA) is 46.6 Å². The lowest BCUT2D eigenvalue weighted by atomic mass is 10.1. The number of carbonyl (C=O) groups excluding carboxylic acids is 2. The van der Waals surface area contributed by atoms with Crippen LogP contribution in [-0.4, -0.2) is 36.5 Å². The first-order valence-corrected chi connectivity index (χ1v) is 7.04. The molecule has 0 N–H and O–H groups in total. The molecule has 0 aromatic heterocycles. The quantitative estimate of drug-likeness (QED) is 0.806. The Labute approximate surface area is 123 Å². The molecule has 20 heavy (non-hydrogen) atoms. The van der Waals surface area contributed by atoms with Crippen molar-refractivity contribution in [3.05, 3.63) is 34.3 Å². The number of hydrogen-bond acceptors (Lipinski definition) is 3. The minimum Gasteiger partial charge on any atom is -0.462 e. The van der Waals surface area contributed by atoms with Gasteiger partial charge in [-0.1, -0.05) is 17.7 Å². The molecule has 0 saturated carbocycles. The van der Waals surface area contributed by atoms with Crippen LogP contribution in [0.1, 0.15) is 29.3 Å². The summed E-state index contributed by atoms with van der Waals surface area (Å²) in [6, 6.07) is 5.25. The summed E-state index contributed by atoms with van der Waals surface area (Å²) < 4.78 is 5.30. The highest BCUT2D eigenvalue weighted by atomic mass is 35.5. The highest BCUT2D eigenvalue weighted by Gasteiger charge is 2.25. The highest BCUT2D eigenvalue weighted by molar-refractivity contribution is 6.33. The van der Waals surface area contributed by atoms with Crippen molar-refractivity contribution in [3.8, 4) is 0 Å². The Morgan fingerprint density at radius 3 is 2.80 bits per heavy atom. The smallest absolute Gasteiger partial charge is 0.339 e. The molecule has 1 atom stereocenters. The maximum atomic E-state index is 12.0. The van der Waals surface area contributed by atoms with Gasteiger partial charge in [0.2, 0.25) is 5.91 Å². The van der Waals surface area contributed by atoms with Gasteiger partial charge in [0.25, 0.3) is 0 Å². The largest absolute Gasteiger partial charge is 0.462 e. The Kier molecular flexibility index (Phi) is 4.65. The third-order valence-electron chi connectivity index (χ3n) is 3.53. The average molecular weight is 296 g/mol. The second kappa shape index (κ2) is 6.27. The maximum absolute atomic E-state index is 12.0. The molecule has 1 unspecified atom stereocenters. The van der Waals surface area contributed by atoms with Crippen LogP contribution >= 0.6 is 11.6 Å². The van der Waals surface area contributed by atoms with Crippen LogP contribution in [0.2, 0.25) is 5.02 Å². The van der Waals surface area contributed by atoms with Gasteiger partial charge in [0.05, 0.1) is 17.2 Å². The molecule has 1 aromatic carbocycles. The van der Waals surface area contributed by atoms with Gasteiger partial charge in [-0.2, -0.15) is 0 Å². The normalized spacial score (nSPS) is 18.1. The van der Waals surface area contributed by atoms with E-state index in [1.807, 2.05) is 13.0 Å². The second-order valence-electron chi connectivity index (χ2n) is 5.20. The van der Waals surface area contributed by atoms with Gasteiger partial charge in [0.1, 0.15) is 0 Å². The zero-order valence-corrected chi connectivity index (χ0v) is 12.4. The van der Waals surface area contributed by atoms with E-state index in [4.69, 9.17) is 16.3 Å². The number of amides is 1. The number of rotatable bonds is 3. The van der Waals surface area contributed by atoms with Gasteiger partial charge in [-0.05, 0) is 31.0 Å². The van der Waals surface area contributed by atoms with Crippen LogP contribution in [-0.2, 0) is 9.53 Å². The fourth-order valence-electron chi connectivity index (χ4n) is 2.31. The van der Waals surface area contributed by atoms with E-state index < -0.39 is 5.97 Å². The zero-order chi connectivity index (χ0) is 14.7. The summed E-state index contributed by atoms with van der Waals surface area (Å²) in [6.45, 7) is 5.19. The SMILES string of the molecule is CC(=O)N1CCC(COC(=O)c2ccc(C)cc2Cl)C1. The average Bonchev–Trinajstić information content (AvgIpc) is 2.85. The van der Waals surface area contributed by atoms with Crippen molar-refractivity contribution in [2.45, 2.75) is 20.3 Å². The molecule has 1 aliphatic heterocycles. The van der Waals surface area contributed by atoms with Crippen LogP contribution in [0.15, 0.2) is 18.2 Å². The molecule has 0 spiro atoms. The molecule has 108 valence electrons. The lowest BCUT2D eigenvalue weighted by molar-refractivity contribution is -0.127. The molecule has 4 nitrogen and oxygen atoms in total. The van der Waals surface area contributed by atoms with E-state index in [1.54, 1.807) is 24.0 Å². The number of benzene rings is 1. The number of halogens is 1. The van der Waals surface area contributed by atoms with Crippen LogP contribution in [0.5, 0.6) is 0 Å². The van der Waals surface area contributed by atoms with Crippen LogP contribution < -0.4 is 0 Å². The third-order valence-corrected chi connectivity index (χ3v) is 3.84. The number of hydrogen-bond donors (Lipinski definition) is 0. The number of ether oxygens (including phenoxy) is 1. The van der Waals surface area contributed by atoms with Gasteiger partial charge in [-0.15, -0.1) is 0 Å². The van der Waals surface area contributed by atoms with E-state index >= 15 is 0 Å². The first-order chi connectivity index (χ1) is 9.47. The highest BCUT2D eigenvalue weighted by Crippen LogP contribution is 2.20. The van der Waals surface area contributed by atoms with Crippen LogP contribution in [0.4, 0.5) is 0 Å². The number of nitrogens with zero attached hydrogens (tertiary/aromatic N) is 1. The fourth-order valence-corrected chi connectivity index (χ4v) is 2.62. The molecule has 0 bridgehead atoms. The molecule has 1 amide bonds. The van der Waals surface area contributed by atoms with Gasteiger partial charge in [0, 0.05) is 25.9 Å². The van der Waals surface area contributed by atoms with E-state index in [9.17, 15) is 9.59 Å². The van der Waals surface area contributed by atoms with Gasteiger partial charge >= 0.3 is 5.97 Å². The molecule has 2 rings (SSSR count). The summed E-state index contributed by atoms with van der Waals surface area (Å²) in [4.78, 5) is 25.0. The molecule has 1 fully saturated rings. The first kappa shape index (κ1) is 14.9. The number of aryl methyl sites for hydroxylation is 1. The van der Waals surface area contributed by atoms with E-state index in [0.717, 1.165) is 18.5 Å². The summed E-state index contributed by atoms with van der Waals surface area (Å²) in [5.74, 6) is -0.122. The van der Waals surface area contributed by atoms with Gasteiger partial charge < -0.3 is 9.64 Å². The van der Waals surface area contributed by atoms with Crippen molar-refractivity contribution < 1.29 is 14.3 Å². The van der Waals surface area contributed by atoms with E-state index in [2.05, 4.69) is 0 Å². The van der Waals surface area contributed by atoms with Crippen molar-refractivity contribution in [1.82, 2.24) is 4.90 Å². The number of esters is 1. The predicted octanol–water partition coefficient (Wildman–Crippen LogP) is 2.67. The molecular weight excluding hydrogens is 278 g/mol. The van der Waals surface area contributed by atoms with Gasteiger partial charge in [-0.25, -0.2) is 4.79 Å². The molecular formula is C15H18ClNO3. The second-order valence-corrected chi connectivity index (χ2v) is 5.61. The summed E-state index contributed by atoms with van der Waals surface area (Å²) in [5.41, 5.74) is 1.39.